The molecule has 4 heteroatoms. The van der Waals surface area contributed by atoms with Crippen molar-refractivity contribution in [2.45, 2.75) is 24.7 Å². The van der Waals surface area contributed by atoms with Gasteiger partial charge in [-0.2, -0.15) is 0 Å². The Morgan fingerprint density at radius 3 is 1.27 bits per heavy atom. The fraction of sp³-hybridized carbons (Fsp3) is 0.222. The lowest BCUT2D eigenvalue weighted by atomic mass is 9.87. The molecule has 0 heterocycles. The fourth-order valence-corrected chi connectivity index (χ4v) is 2.57. The van der Waals surface area contributed by atoms with Crippen molar-refractivity contribution in [3.8, 4) is 0 Å². The van der Waals surface area contributed by atoms with Crippen molar-refractivity contribution in [2.75, 3.05) is 0 Å². The van der Waals surface area contributed by atoms with Crippen LogP contribution in [-0.4, -0.2) is 22.2 Å². The van der Waals surface area contributed by atoms with E-state index < -0.39 is 23.8 Å². The molecule has 0 saturated heterocycles. The van der Waals surface area contributed by atoms with Gasteiger partial charge in [-0.25, -0.2) is 0 Å². The smallest absolute Gasteiger partial charge is 0.310 e. The summed E-state index contributed by atoms with van der Waals surface area (Å²) in [7, 11) is 0. The lowest BCUT2D eigenvalue weighted by Crippen LogP contribution is -2.16. The van der Waals surface area contributed by atoms with E-state index >= 15 is 0 Å². The first kappa shape index (κ1) is 15.8. The Morgan fingerprint density at radius 2 is 1.00 bits per heavy atom. The van der Waals surface area contributed by atoms with Gasteiger partial charge in [-0.05, 0) is 24.0 Å². The van der Waals surface area contributed by atoms with Gasteiger partial charge in [0.15, 0.2) is 0 Å². The van der Waals surface area contributed by atoms with E-state index in [9.17, 15) is 19.8 Å². The lowest BCUT2D eigenvalue weighted by Gasteiger charge is -2.17. The SMILES string of the molecule is O=C(O)C(CCC(C(=O)O)c1ccccc1)c1ccccc1. The van der Waals surface area contributed by atoms with Crippen LogP contribution >= 0.6 is 0 Å². The van der Waals surface area contributed by atoms with Crippen LogP contribution in [0.4, 0.5) is 0 Å². The van der Waals surface area contributed by atoms with Crippen LogP contribution in [-0.2, 0) is 9.59 Å². The molecule has 0 aliphatic heterocycles. The summed E-state index contributed by atoms with van der Waals surface area (Å²) in [4.78, 5) is 22.9. The number of carboxylic acids is 2. The largest absolute Gasteiger partial charge is 0.481 e. The highest BCUT2D eigenvalue weighted by Crippen LogP contribution is 2.28. The van der Waals surface area contributed by atoms with Crippen molar-refractivity contribution >= 4 is 11.9 Å². The van der Waals surface area contributed by atoms with Gasteiger partial charge >= 0.3 is 11.9 Å². The Bertz CT molecular complexity index is 565. The summed E-state index contributed by atoms with van der Waals surface area (Å²) in [5, 5.41) is 18.8. The highest BCUT2D eigenvalue weighted by molar-refractivity contribution is 5.77. The average Bonchev–Trinajstić information content (AvgIpc) is 2.52. The number of carboxylic acid groups (broad SMARTS) is 2. The number of aliphatic carboxylic acids is 2. The van der Waals surface area contributed by atoms with Gasteiger partial charge in [-0.3, -0.25) is 9.59 Å². The summed E-state index contributed by atoms with van der Waals surface area (Å²) in [6.07, 6.45) is 0.566. The molecule has 0 saturated carbocycles. The summed E-state index contributed by atoms with van der Waals surface area (Å²) < 4.78 is 0. The molecule has 0 amide bonds. The van der Waals surface area contributed by atoms with E-state index in [4.69, 9.17) is 0 Å². The van der Waals surface area contributed by atoms with Crippen LogP contribution < -0.4 is 0 Å². The van der Waals surface area contributed by atoms with E-state index in [0.29, 0.717) is 11.1 Å². The average molecular weight is 298 g/mol. The summed E-state index contributed by atoms with van der Waals surface area (Å²) in [6.45, 7) is 0. The van der Waals surface area contributed by atoms with Gasteiger partial charge in [0, 0.05) is 0 Å². The molecule has 2 aromatic carbocycles. The highest BCUT2D eigenvalue weighted by atomic mass is 16.4. The number of benzene rings is 2. The topological polar surface area (TPSA) is 74.6 Å². The molecule has 4 nitrogen and oxygen atoms in total. The van der Waals surface area contributed by atoms with Crippen LogP contribution in [0.1, 0.15) is 35.8 Å². The van der Waals surface area contributed by atoms with Crippen LogP contribution in [0.2, 0.25) is 0 Å². The van der Waals surface area contributed by atoms with Crippen LogP contribution in [0.15, 0.2) is 60.7 Å². The zero-order valence-electron chi connectivity index (χ0n) is 12.1. The molecule has 2 atom stereocenters. The molecule has 0 fully saturated rings. The van der Waals surface area contributed by atoms with E-state index in [0.717, 1.165) is 0 Å². The predicted octanol–water partition coefficient (Wildman–Crippen LogP) is 3.50. The standard InChI is InChI=1S/C18H18O4/c19-17(20)15(13-7-3-1-4-8-13)11-12-16(18(21)22)14-9-5-2-6-10-14/h1-10,15-16H,11-12H2,(H,19,20)(H,21,22). The van der Waals surface area contributed by atoms with Crippen molar-refractivity contribution in [1.82, 2.24) is 0 Å². The maximum Gasteiger partial charge on any atom is 0.310 e. The molecule has 2 N–H and O–H groups in total. The predicted molar refractivity (Wildman–Crippen MR) is 82.9 cm³/mol. The molecule has 0 radical (unpaired) electrons. The molecule has 0 bridgehead atoms. The molecule has 2 unspecified atom stereocenters. The zero-order valence-corrected chi connectivity index (χ0v) is 12.1. The third kappa shape index (κ3) is 3.95. The van der Waals surface area contributed by atoms with Crippen molar-refractivity contribution in [3.63, 3.8) is 0 Å². The lowest BCUT2D eigenvalue weighted by molar-refractivity contribution is -0.141. The number of carbonyl (C=O) groups is 2. The van der Waals surface area contributed by atoms with Gasteiger partial charge in [-0.15, -0.1) is 0 Å². The Morgan fingerprint density at radius 1 is 0.682 bits per heavy atom. The van der Waals surface area contributed by atoms with E-state index in [1.54, 1.807) is 48.5 Å². The van der Waals surface area contributed by atoms with E-state index in [-0.39, 0.29) is 12.8 Å². The van der Waals surface area contributed by atoms with Gasteiger partial charge in [0.25, 0.3) is 0 Å². The van der Waals surface area contributed by atoms with Crippen LogP contribution in [0.25, 0.3) is 0 Å². The first-order valence-corrected chi connectivity index (χ1v) is 7.15. The zero-order chi connectivity index (χ0) is 15.9. The Hall–Kier alpha value is -2.62. The van der Waals surface area contributed by atoms with Crippen molar-refractivity contribution in [3.05, 3.63) is 71.8 Å². The van der Waals surface area contributed by atoms with Crippen molar-refractivity contribution in [2.24, 2.45) is 0 Å². The second-order valence-corrected chi connectivity index (χ2v) is 5.18. The molecule has 22 heavy (non-hydrogen) atoms. The minimum Gasteiger partial charge on any atom is -0.481 e. The third-order valence-electron chi connectivity index (χ3n) is 3.74. The fourth-order valence-electron chi connectivity index (χ4n) is 2.57. The molecular formula is C18H18O4. The third-order valence-corrected chi connectivity index (χ3v) is 3.74. The number of hydrogen-bond acceptors (Lipinski definition) is 2. The van der Waals surface area contributed by atoms with Gasteiger partial charge < -0.3 is 10.2 Å². The van der Waals surface area contributed by atoms with E-state index in [2.05, 4.69) is 0 Å². The normalized spacial score (nSPS) is 13.3. The maximum atomic E-state index is 11.5. The first-order chi connectivity index (χ1) is 10.6. The van der Waals surface area contributed by atoms with E-state index in [1.807, 2.05) is 12.1 Å². The van der Waals surface area contributed by atoms with Gasteiger partial charge in [0.1, 0.15) is 0 Å². The van der Waals surface area contributed by atoms with Crippen LogP contribution in [0.5, 0.6) is 0 Å². The Balaban J connectivity index is 2.14. The monoisotopic (exact) mass is 298 g/mol. The van der Waals surface area contributed by atoms with Gasteiger partial charge in [-0.1, -0.05) is 60.7 Å². The summed E-state index contributed by atoms with van der Waals surface area (Å²) in [6, 6.07) is 17.9. The van der Waals surface area contributed by atoms with Gasteiger partial charge in [0.05, 0.1) is 11.8 Å². The second kappa shape index (κ2) is 7.41. The quantitative estimate of drug-likeness (QED) is 0.820. The minimum absolute atomic E-state index is 0.283. The molecule has 2 rings (SSSR count). The summed E-state index contributed by atoms with van der Waals surface area (Å²) in [5.41, 5.74) is 1.40. The van der Waals surface area contributed by atoms with Gasteiger partial charge in [0.2, 0.25) is 0 Å². The molecule has 2 aromatic rings. The molecule has 0 aliphatic carbocycles. The van der Waals surface area contributed by atoms with Crippen molar-refractivity contribution in [1.29, 1.82) is 0 Å². The molecule has 114 valence electrons. The maximum absolute atomic E-state index is 11.5. The number of rotatable bonds is 7. The minimum atomic E-state index is -0.927. The second-order valence-electron chi connectivity index (χ2n) is 5.18. The number of hydrogen-bond donors (Lipinski definition) is 2. The summed E-state index contributed by atoms with van der Waals surface area (Å²) in [5.74, 6) is -3.23. The summed E-state index contributed by atoms with van der Waals surface area (Å²) >= 11 is 0. The Labute approximate surface area is 129 Å². The molecule has 0 spiro atoms. The van der Waals surface area contributed by atoms with Crippen LogP contribution in [0, 0.1) is 0 Å². The molecule has 0 aliphatic rings. The van der Waals surface area contributed by atoms with Crippen molar-refractivity contribution < 1.29 is 19.8 Å². The van der Waals surface area contributed by atoms with Crippen LogP contribution in [0.3, 0.4) is 0 Å². The molecule has 0 aromatic heterocycles. The Kier molecular flexibility index (Phi) is 5.31. The molecular weight excluding hydrogens is 280 g/mol. The van der Waals surface area contributed by atoms with E-state index in [1.165, 1.54) is 0 Å². The first-order valence-electron chi connectivity index (χ1n) is 7.15. The highest BCUT2D eigenvalue weighted by Gasteiger charge is 2.25.